The molecule has 2 heteroatoms. The van der Waals surface area contributed by atoms with E-state index in [9.17, 15) is 0 Å². The van der Waals surface area contributed by atoms with Crippen LogP contribution in [0.3, 0.4) is 0 Å². The van der Waals surface area contributed by atoms with Gasteiger partial charge in [-0.1, -0.05) is 6.07 Å². The maximum absolute atomic E-state index is 5.46. The van der Waals surface area contributed by atoms with Gasteiger partial charge in [-0.3, -0.25) is 0 Å². The monoisotopic (exact) mass is 207 g/mol. The molecule has 0 bridgehead atoms. The van der Waals surface area contributed by atoms with Crippen LogP contribution in [0.25, 0.3) is 0 Å². The third kappa shape index (κ3) is 2.32. The smallest absolute Gasteiger partial charge is 0.124 e. The van der Waals surface area contributed by atoms with Gasteiger partial charge >= 0.3 is 0 Å². The lowest BCUT2D eigenvalue weighted by molar-refractivity contribution is 0.373. The Morgan fingerprint density at radius 1 is 1.20 bits per heavy atom. The largest absolute Gasteiger partial charge is 0.496 e. The van der Waals surface area contributed by atoms with Crippen molar-refractivity contribution >= 4 is 0 Å². The average molecular weight is 207 g/mol. The van der Waals surface area contributed by atoms with E-state index in [1.54, 1.807) is 7.11 Å². The first-order chi connectivity index (χ1) is 6.92. The van der Waals surface area contributed by atoms with E-state index in [-0.39, 0.29) is 5.54 Å². The van der Waals surface area contributed by atoms with Gasteiger partial charge in [0.2, 0.25) is 0 Å². The van der Waals surface area contributed by atoms with Crippen molar-refractivity contribution in [3.63, 3.8) is 0 Å². The molecule has 0 radical (unpaired) electrons. The van der Waals surface area contributed by atoms with Gasteiger partial charge in [0.1, 0.15) is 5.75 Å². The molecule has 15 heavy (non-hydrogen) atoms. The predicted molar refractivity (Wildman–Crippen MR) is 64.6 cm³/mol. The normalized spacial score (nSPS) is 11.6. The van der Waals surface area contributed by atoms with Gasteiger partial charge in [-0.2, -0.15) is 0 Å². The van der Waals surface area contributed by atoms with Crippen LogP contribution in [0.15, 0.2) is 12.1 Å². The molecule has 0 aliphatic rings. The highest BCUT2D eigenvalue weighted by Crippen LogP contribution is 2.33. The molecule has 0 aliphatic heterocycles. The summed E-state index contributed by atoms with van der Waals surface area (Å²) in [7, 11) is 3.70. The van der Waals surface area contributed by atoms with E-state index in [1.807, 2.05) is 7.05 Å². The number of aryl methyl sites for hydroxylation is 2. The molecule has 0 unspecified atom stereocenters. The van der Waals surface area contributed by atoms with Crippen molar-refractivity contribution in [1.29, 1.82) is 0 Å². The van der Waals surface area contributed by atoms with Crippen LogP contribution in [0.5, 0.6) is 5.75 Å². The van der Waals surface area contributed by atoms with Crippen molar-refractivity contribution in [3.8, 4) is 5.75 Å². The molecule has 0 amide bonds. The molecule has 84 valence electrons. The van der Waals surface area contributed by atoms with Crippen LogP contribution in [-0.2, 0) is 5.54 Å². The summed E-state index contributed by atoms with van der Waals surface area (Å²) in [4.78, 5) is 0. The van der Waals surface area contributed by atoms with Gasteiger partial charge in [-0.05, 0) is 51.9 Å². The summed E-state index contributed by atoms with van der Waals surface area (Å²) in [5, 5.41) is 3.31. The van der Waals surface area contributed by atoms with Gasteiger partial charge in [0, 0.05) is 11.1 Å². The van der Waals surface area contributed by atoms with Crippen LogP contribution in [0.1, 0.15) is 30.5 Å². The van der Waals surface area contributed by atoms with Gasteiger partial charge in [-0.25, -0.2) is 0 Å². The Morgan fingerprint density at radius 2 is 1.80 bits per heavy atom. The van der Waals surface area contributed by atoms with Crippen molar-refractivity contribution in [1.82, 2.24) is 5.32 Å². The molecule has 1 aromatic rings. The van der Waals surface area contributed by atoms with Crippen molar-refractivity contribution in [3.05, 3.63) is 28.8 Å². The van der Waals surface area contributed by atoms with E-state index in [0.717, 1.165) is 5.75 Å². The summed E-state index contributed by atoms with van der Waals surface area (Å²) in [6.45, 7) is 8.54. The molecule has 0 heterocycles. The van der Waals surface area contributed by atoms with E-state index >= 15 is 0 Å². The van der Waals surface area contributed by atoms with Crippen molar-refractivity contribution < 1.29 is 4.74 Å². The number of hydrogen-bond donors (Lipinski definition) is 1. The third-order valence-corrected chi connectivity index (χ3v) is 2.91. The summed E-state index contributed by atoms with van der Waals surface area (Å²) < 4.78 is 5.46. The first-order valence-electron chi connectivity index (χ1n) is 5.27. The average Bonchev–Trinajstić information content (AvgIpc) is 2.15. The standard InChI is InChI=1S/C13H21NO/c1-9-7-10(2)12(11(8-9)15-6)13(3,4)14-5/h7-8,14H,1-6H3. The topological polar surface area (TPSA) is 21.3 Å². The van der Waals surface area contributed by atoms with Crippen LogP contribution in [0.4, 0.5) is 0 Å². The Balaban J connectivity index is 3.39. The van der Waals surface area contributed by atoms with Crippen molar-refractivity contribution in [2.75, 3.05) is 14.2 Å². The fourth-order valence-corrected chi connectivity index (χ4v) is 2.02. The number of methoxy groups -OCH3 is 1. The Labute approximate surface area is 92.6 Å². The second kappa shape index (κ2) is 4.23. The molecular formula is C13H21NO. The molecule has 1 rings (SSSR count). The number of hydrogen-bond acceptors (Lipinski definition) is 2. The highest BCUT2D eigenvalue weighted by atomic mass is 16.5. The Hall–Kier alpha value is -1.02. The SMILES string of the molecule is CNC(C)(C)c1c(C)cc(C)cc1OC. The second-order valence-corrected chi connectivity index (χ2v) is 4.53. The molecule has 2 nitrogen and oxygen atoms in total. The zero-order chi connectivity index (χ0) is 11.6. The zero-order valence-electron chi connectivity index (χ0n) is 10.6. The predicted octanol–water partition coefficient (Wildman–Crippen LogP) is 2.77. The molecule has 0 saturated heterocycles. The number of nitrogens with one attached hydrogen (secondary N) is 1. The molecule has 0 atom stereocenters. The van der Waals surface area contributed by atoms with E-state index in [0.29, 0.717) is 0 Å². The molecule has 1 N–H and O–H groups in total. The van der Waals surface area contributed by atoms with E-state index in [2.05, 4.69) is 45.1 Å². The third-order valence-electron chi connectivity index (χ3n) is 2.91. The molecule has 0 fully saturated rings. The Bertz CT molecular complexity index is 356. The van der Waals surface area contributed by atoms with Crippen LogP contribution >= 0.6 is 0 Å². The molecule has 0 aliphatic carbocycles. The van der Waals surface area contributed by atoms with Gasteiger partial charge in [0.25, 0.3) is 0 Å². The van der Waals surface area contributed by atoms with Crippen LogP contribution < -0.4 is 10.1 Å². The van der Waals surface area contributed by atoms with Gasteiger partial charge < -0.3 is 10.1 Å². The minimum atomic E-state index is -0.0663. The van der Waals surface area contributed by atoms with Crippen LogP contribution in [0.2, 0.25) is 0 Å². The summed E-state index contributed by atoms with van der Waals surface area (Å²) in [5.41, 5.74) is 3.67. The summed E-state index contributed by atoms with van der Waals surface area (Å²) in [6.07, 6.45) is 0. The highest BCUT2D eigenvalue weighted by molar-refractivity contribution is 5.46. The van der Waals surface area contributed by atoms with Gasteiger partial charge in [0.15, 0.2) is 0 Å². The Morgan fingerprint density at radius 3 is 2.27 bits per heavy atom. The van der Waals surface area contributed by atoms with Crippen molar-refractivity contribution in [2.45, 2.75) is 33.2 Å². The van der Waals surface area contributed by atoms with Gasteiger partial charge in [0.05, 0.1) is 7.11 Å². The number of rotatable bonds is 3. The highest BCUT2D eigenvalue weighted by Gasteiger charge is 2.24. The first-order valence-corrected chi connectivity index (χ1v) is 5.27. The lowest BCUT2D eigenvalue weighted by Gasteiger charge is -2.28. The van der Waals surface area contributed by atoms with E-state index < -0.39 is 0 Å². The summed E-state index contributed by atoms with van der Waals surface area (Å²) in [6, 6.07) is 4.28. The molecular weight excluding hydrogens is 186 g/mol. The quantitative estimate of drug-likeness (QED) is 0.823. The van der Waals surface area contributed by atoms with E-state index in [4.69, 9.17) is 4.74 Å². The molecule has 0 aromatic heterocycles. The fourth-order valence-electron chi connectivity index (χ4n) is 2.02. The number of ether oxygens (including phenoxy) is 1. The maximum Gasteiger partial charge on any atom is 0.124 e. The zero-order valence-corrected chi connectivity index (χ0v) is 10.6. The number of benzene rings is 1. The molecule has 0 saturated carbocycles. The van der Waals surface area contributed by atoms with E-state index in [1.165, 1.54) is 16.7 Å². The Kier molecular flexibility index (Phi) is 3.40. The van der Waals surface area contributed by atoms with Crippen LogP contribution in [0, 0.1) is 13.8 Å². The lowest BCUT2D eigenvalue weighted by atomic mass is 9.88. The second-order valence-electron chi connectivity index (χ2n) is 4.53. The molecule has 0 spiro atoms. The first kappa shape index (κ1) is 12.1. The van der Waals surface area contributed by atoms with Gasteiger partial charge in [-0.15, -0.1) is 0 Å². The molecule has 1 aromatic carbocycles. The summed E-state index contributed by atoms with van der Waals surface area (Å²) in [5.74, 6) is 0.965. The fraction of sp³-hybridized carbons (Fsp3) is 0.538. The minimum Gasteiger partial charge on any atom is -0.496 e. The minimum absolute atomic E-state index is 0.0663. The lowest BCUT2D eigenvalue weighted by Crippen LogP contribution is -2.34. The van der Waals surface area contributed by atoms with Crippen molar-refractivity contribution in [2.24, 2.45) is 0 Å². The maximum atomic E-state index is 5.46. The van der Waals surface area contributed by atoms with Crippen LogP contribution in [-0.4, -0.2) is 14.2 Å². The summed E-state index contributed by atoms with van der Waals surface area (Å²) >= 11 is 0.